The number of nitrogens with two attached hydrogens (primary N) is 1. The third kappa shape index (κ3) is 4.45. The van der Waals surface area contributed by atoms with Crippen LogP contribution in [0.1, 0.15) is 31.4 Å². The highest BCUT2D eigenvalue weighted by molar-refractivity contribution is 5.81. The van der Waals surface area contributed by atoms with Crippen molar-refractivity contribution < 1.29 is 0 Å². The molecule has 1 aromatic carbocycles. The van der Waals surface area contributed by atoms with Gasteiger partial charge < -0.3 is 5.43 Å². The molecular formula is C13H21N3. The smallest absolute Gasteiger partial charge is 0.111 e. The topological polar surface area (TPSA) is 50.4 Å². The summed E-state index contributed by atoms with van der Waals surface area (Å²) in [6.07, 6.45) is 1.83. The molecule has 1 aromatic rings. The largest absolute Gasteiger partial charge is 0.312 e. The average molecular weight is 219 g/mol. The van der Waals surface area contributed by atoms with Gasteiger partial charge in [0.05, 0.1) is 0 Å². The van der Waals surface area contributed by atoms with Crippen molar-refractivity contribution >= 4 is 5.84 Å². The zero-order valence-electron chi connectivity index (χ0n) is 10.3. The van der Waals surface area contributed by atoms with E-state index in [4.69, 9.17) is 5.84 Å². The van der Waals surface area contributed by atoms with Crippen LogP contribution < -0.4 is 11.3 Å². The van der Waals surface area contributed by atoms with Crippen LogP contribution >= 0.6 is 0 Å². The second-order valence-corrected chi connectivity index (χ2v) is 4.30. The van der Waals surface area contributed by atoms with E-state index in [1.807, 2.05) is 13.8 Å². The third-order valence-corrected chi connectivity index (χ3v) is 2.35. The van der Waals surface area contributed by atoms with Gasteiger partial charge in [0.15, 0.2) is 0 Å². The molecule has 0 heterocycles. The molecule has 0 unspecified atom stereocenters. The van der Waals surface area contributed by atoms with Gasteiger partial charge in [-0.2, -0.15) is 0 Å². The predicted octanol–water partition coefficient (Wildman–Crippen LogP) is 2.20. The van der Waals surface area contributed by atoms with Gasteiger partial charge in [0.25, 0.3) is 0 Å². The molecule has 0 aromatic heterocycles. The van der Waals surface area contributed by atoms with Crippen molar-refractivity contribution in [3.8, 4) is 0 Å². The highest BCUT2D eigenvalue weighted by Crippen LogP contribution is 2.06. The van der Waals surface area contributed by atoms with Crippen molar-refractivity contribution in [2.45, 2.75) is 39.7 Å². The Labute approximate surface area is 97.7 Å². The van der Waals surface area contributed by atoms with E-state index in [-0.39, 0.29) is 6.04 Å². The average Bonchev–Trinajstić information content (AvgIpc) is 2.26. The summed E-state index contributed by atoms with van der Waals surface area (Å²) in [5.74, 6) is 6.30. The first kappa shape index (κ1) is 12.7. The lowest BCUT2D eigenvalue weighted by atomic mass is 10.1. The fourth-order valence-electron chi connectivity index (χ4n) is 1.50. The zero-order chi connectivity index (χ0) is 12.0. The third-order valence-electron chi connectivity index (χ3n) is 2.35. The standard InChI is InChI=1S/C13H21N3/c1-10(2)15-13(16-14)9-8-12-6-4-11(3)5-7-12/h4-7,10H,8-9,14H2,1-3H3,(H,15,16). The summed E-state index contributed by atoms with van der Waals surface area (Å²) in [5.41, 5.74) is 5.27. The minimum absolute atomic E-state index is 0.282. The van der Waals surface area contributed by atoms with E-state index < -0.39 is 0 Å². The second-order valence-electron chi connectivity index (χ2n) is 4.30. The van der Waals surface area contributed by atoms with Crippen molar-refractivity contribution in [3.05, 3.63) is 35.4 Å². The monoisotopic (exact) mass is 219 g/mol. The molecule has 0 spiro atoms. The Morgan fingerprint density at radius 1 is 1.31 bits per heavy atom. The number of hydrazine groups is 1. The molecule has 16 heavy (non-hydrogen) atoms. The van der Waals surface area contributed by atoms with E-state index in [1.165, 1.54) is 11.1 Å². The van der Waals surface area contributed by atoms with E-state index in [0.29, 0.717) is 0 Å². The zero-order valence-corrected chi connectivity index (χ0v) is 10.3. The molecule has 0 saturated heterocycles. The molecule has 0 fully saturated rings. The van der Waals surface area contributed by atoms with Crippen LogP contribution in [0.2, 0.25) is 0 Å². The van der Waals surface area contributed by atoms with Crippen molar-refractivity contribution in [1.82, 2.24) is 5.43 Å². The summed E-state index contributed by atoms with van der Waals surface area (Å²) in [7, 11) is 0. The first-order valence-corrected chi connectivity index (χ1v) is 5.70. The molecule has 0 aliphatic heterocycles. The van der Waals surface area contributed by atoms with Crippen LogP contribution in [0, 0.1) is 6.92 Å². The van der Waals surface area contributed by atoms with Gasteiger partial charge in [-0.1, -0.05) is 29.8 Å². The van der Waals surface area contributed by atoms with Crippen LogP contribution in [-0.2, 0) is 6.42 Å². The molecule has 0 aliphatic rings. The summed E-state index contributed by atoms with van der Waals surface area (Å²) >= 11 is 0. The minimum Gasteiger partial charge on any atom is -0.312 e. The number of hydrogen-bond donors (Lipinski definition) is 2. The van der Waals surface area contributed by atoms with Crippen LogP contribution in [-0.4, -0.2) is 11.9 Å². The van der Waals surface area contributed by atoms with Crippen LogP contribution in [0.3, 0.4) is 0 Å². The summed E-state index contributed by atoms with van der Waals surface area (Å²) in [4.78, 5) is 4.41. The molecule has 0 radical (unpaired) electrons. The van der Waals surface area contributed by atoms with Crippen LogP contribution in [0.25, 0.3) is 0 Å². The molecule has 0 atom stereocenters. The lowest BCUT2D eigenvalue weighted by Gasteiger charge is -2.07. The van der Waals surface area contributed by atoms with E-state index in [0.717, 1.165) is 18.7 Å². The molecular weight excluding hydrogens is 198 g/mol. The Hall–Kier alpha value is -1.35. The second kappa shape index (κ2) is 6.28. The Morgan fingerprint density at radius 2 is 1.94 bits per heavy atom. The Balaban J connectivity index is 2.53. The molecule has 1 rings (SSSR count). The van der Waals surface area contributed by atoms with Gasteiger partial charge in [0, 0.05) is 12.5 Å². The van der Waals surface area contributed by atoms with Crippen molar-refractivity contribution in [1.29, 1.82) is 0 Å². The highest BCUT2D eigenvalue weighted by Gasteiger charge is 2.00. The summed E-state index contributed by atoms with van der Waals surface area (Å²) in [5, 5.41) is 0. The Kier molecular flexibility index (Phi) is 4.99. The van der Waals surface area contributed by atoms with Crippen molar-refractivity contribution in [2.75, 3.05) is 0 Å². The summed E-state index contributed by atoms with van der Waals surface area (Å²) < 4.78 is 0. The molecule has 0 saturated carbocycles. The molecule has 88 valence electrons. The molecule has 3 nitrogen and oxygen atoms in total. The lowest BCUT2D eigenvalue weighted by molar-refractivity contribution is 0.801. The van der Waals surface area contributed by atoms with Crippen molar-refractivity contribution in [2.24, 2.45) is 10.8 Å². The lowest BCUT2D eigenvalue weighted by Crippen LogP contribution is -2.31. The first-order valence-electron chi connectivity index (χ1n) is 5.70. The maximum atomic E-state index is 5.43. The number of aryl methyl sites for hydroxylation is 2. The number of benzene rings is 1. The first-order chi connectivity index (χ1) is 7.61. The molecule has 0 amide bonds. The highest BCUT2D eigenvalue weighted by atomic mass is 15.2. The molecule has 0 bridgehead atoms. The molecule has 3 heteroatoms. The Bertz CT molecular complexity index is 339. The van der Waals surface area contributed by atoms with E-state index in [1.54, 1.807) is 0 Å². The van der Waals surface area contributed by atoms with E-state index >= 15 is 0 Å². The maximum absolute atomic E-state index is 5.43. The Morgan fingerprint density at radius 3 is 2.44 bits per heavy atom. The number of nitrogens with one attached hydrogen (secondary N) is 1. The van der Waals surface area contributed by atoms with Gasteiger partial charge in [-0.3, -0.25) is 4.99 Å². The van der Waals surface area contributed by atoms with Gasteiger partial charge >= 0.3 is 0 Å². The number of aliphatic imine (C=N–C) groups is 1. The summed E-state index contributed by atoms with van der Waals surface area (Å²) in [6.45, 7) is 6.18. The molecule has 0 aliphatic carbocycles. The van der Waals surface area contributed by atoms with E-state index in [9.17, 15) is 0 Å². The van der Waals surface area contributed by atoms with Gasteiger partial charge in [-0.05, 0) is 32.8 Å². The fraction of sp³-hybridized carbons (Fsp3) is 0.462. The predicted molar refractivity (Wildman–Crippen MR) is 69.4 cm³/mol. The minimum atomic E-state index is 0.282. The maximum Gasteiger partial charge on any atom is 0.111 e. The van der Waals surface area contributed by atoms with Crippen LogP contribution in [0.15, 0.2) is 29.3 Å². The van der Waals surface area contributed by atoms with Crippen LogP contribution in [0.4, 0.5) is 0 Å². The number of hydrogen-bond acceptors (Lipinski definition) is 2. The quantitative estimate of drug-likeness (QED) is 0.353. The van der Waals surface area contributed by atoms with Gasteiger partial charge in [-0.15, -0.1) is 0 Å². The van der Waals surface area contributed by atoms with Gasteiger partial charge in [0.2, 0.25) is 0 Å². The van der Waals surface area contributed by atoms with Gasteiger partial charge in [0.1, 0.15) is 5.84 Å². The van der Waals surface area contributed by atoms with E-state index in [2.05, 4.69) is 41.6 Å². The number of nitrogens with zero attached hydrogens (tertiary/aromatic N) is 1. The normalized spacial score (nSPS) is 11.9. The van der Waals surface area contributed by atoms with Crippen molar-refractivity contribution in [3.63, 3.8) is 0 Å². The SMILES string of the molecule is Cc1ccc(CCC(=NC(C)C)NN)cc1. The number of rotatable bonds is 4. The fourth-order valence-corrected chi connectivity index (χ4v) is 1.50. The summed E-state index contributed by atoms with van der Waals surface area (Å²) in [6, 6.07) is 8.84. The number of amidine groups is 1. The van der Waals surface area contributed by atoms with Crippen LogP contribution in [0.5, 0.6) is 0 Å². The van der Waals surface area contributed by atoms with Gasteiger partial charge in [-0.25, -0.2) is 5.84 Å². The molecule has 3 N–H and O–H groups in total.